The molecule has 0 radical (unpaired) electrons. The SMILES string of the molecule is CC(=O)c1cc(C)cc(OCc2ccccc2)c1.Cc1cc(OCc2ccccc2)cc(C(=O)CBr)c1.Cc1cc(OCc2ccccc2)cc(C(O)CBr)c1.N[C@@H]1c2ccccc2C[C@@H]1O.N[C@H]1c2ccccc2C[C@H]1O. The molecule has 0 saturated carbocycles. The number of carbonyl (C=O) groups is 2. The van der Waals surface area contributed by atoms with E-state index in [1.165, 1.54) is 11.1 Å². The summed E-state index contributed by atoms with van der Waals surface area (Å²) in [5.41, 5.74) is 24.8. The van der Waals surface area contributed by atoms with Crippen molar-refractivity contribution < 1.29 is 39.1 Å². The molecular formula is C66H70Br2N2O8. The fourth-order valence-corrected chi connectivity index (χ4v) is 9.38. The number of aliphatic hydroxyl groups is 3. The molecule has 0 aliphatic heterocycles. The molecule has 0 aromatic heterocycles. The zero-order chi connectivity index (χ0) is 56.0. The molecular weight excluding hydrogens is 1110 g/mol. The van der Waals surface area contributed by atoms with Gasteiger partial charge in [-0.3, -0.25) is 9.59 Å². The van der Waals surface area contributed by atoms with Crippen molar-refractivity contribution in [2.75, 3.05) is 10.7 Å². The third-order valence-corrected chi connectivity index (χ3v) is 13.9. The van der Waals surface area contributed by atoms with Crippen LogP contribution in [-0.2, 0) is 32.7 Å². The number of aryl methyl sites for hydroxylation is 3. The van der Waals surface area contributed by atoms with Gasteiger partial charge in [0.2, 0.25) is 0 Å². The predicted octanol–water partition coefficient (Wildman–Crippen LogP) is 13.1. The van der Waals surface area contributed by atoms with Crippen LogP contribution in [0.3, 0.4) is 0 Å². The Morgan fingerprint density at radius 3 is 1.26 bits per heavy atom. The Bertz CT molecular complexity index is 3080. The van der Waals surface area contributed by atoms with Gasteiger partial charge in [0.25, 0.3) is 0 Å². The van der Waals surface area contributed by atoms with Crippen LogP contribution in [0.25, 0.3) is 0 Å². The van der Waals surface area contributed by atoms with E-state index < -0.39 is 6.10 Å². The summed E-state index contributed by atoms with van der Waals surface area (Å²) in [6.45, 7) is 9.04. The van der Waals surface area contributed by atoms with E-state index in [4.69, 9.17) is 25.7 Å². The largest absolute Gasteiger partial charge is 0.489 e. The van der Waals surface area contributed by atoms with E-state index in [-0.39, 0.29) is 35.9 Å². The zero-order valence-corrected chi connectivity index (χ0v) is 47.8. The van der Waals surface area contributed by atoms with Crippen LogP contribution in [-0.4, -0.2) is 49.8 Å². The second-order valence-electron chi connectivity index (χ2n) is 19.2. The number of fused-ring (bicyclic) bond motifs is 2. The smallest absolute Gasteiger partial charge is 0.173 e. The number of benzene rings is 8. The second-order valence-corrected chi connectivity index (χ2v) is 20.5. The minimum absolute atomic E-state index is 0.0586. The molecule has 12 heteroatoms. The van der Waals surface area contributed by atoms with Crippen LogP contribution in [0, 0.1) is 20.8 Å². The van der Waals surface area contributed by atoms with Gasteiger partial charge in [-0.05, 0) is 137 Å². The van der Waals surface area contributed by atoms with Crippen LogP contribution < -0.4 is 25.7 Å². The monoisotopic (exact) mass is 1180 g/mol. The number of nitrogens with two attached hydrogens (primary N) is 2. The maximum absolute atomic E-state index is 11.7. The van der Waals surface area contributed by atoms with Crippen molar-refractivity contribution >= 4 is 43.4 Å². The number of hydrogen-bond acceptors (Lipinski definition) is 10. The molecule has 8 aromatic rings. The Hall–Kier alpha value is -6.74. The van der Waals surface area contributed by atoms with E-state index in [0.29, 0.717) is 54.4 Å². The molecule has 1 unspecified atom stereocenters. The van der Waals surface area contributed by atoms with Gasteiger partial charge in [-0.25, -0.2) is 0 Å². The molecule has 0 heterocycles. The van der Waals surface area contributed by atoms with Crippen molar-refractivity contribution in [1.29, 1.82) is 0 Å². The molecule has 0 saturated heterocycles. The van der Waals surface area contributed by atoms with E-state index in [9.17, 15) is 24.9 Å². The fourth-order valence-electron chi connectivity index (χ4n) is 8.68. The highest BCUT2D eigenvalue weighted by atomic mass is 79.9. The number of halogens is 2. The molecule has 0 bridgehead atoms. The van der Waals surface area contributed by atoms with Crippen molar-refractivity contribution in [2.24, 2.45) is 11.5 Å². The van der Waals surface area contributed by atoms with E-state index >= 15 is 0 Å². The average molecular weight is 1180 g/mol. The Labute approximate surface area is 476 Å². The first kappa shape index (κ1) is 60.5. The Morgan fingerprint density at radius 2 is 0.872 bits per heavy atom. The highest BCUT2D eigenvalue weighted by Crippen LogP contribution is 2.30. The maximum Gasteiger partial charge on any atom is 0.173 e. The molecule has 10 nitrogen and oxygen atoms in total. The van der Waals surface area contributed by atoms with Crippen molar-refractivity contribution in [1.82, 2.24) is 0 Å². The van der Waals surface area contributed by atoms with Crippen LogP contribution in [0.1, 0.15) is 107 Å². The summed E-state index contributed by atoms with van der Waals surface area (Å²) in [6, 6.07) is 62.5. The van der Waals surface area contributed by atoms with Crippen molar-refractivity contribution in [3.05, 3.63) is 266 Å². The van der Waals surface area contributed by atoms with Gasteiger partial charge in [0.1, 0.15) is 37.1 Å². The number of Topliss-reactive ketones (excluding diaryl/α,β-unsaturated/α-hetero) is 2. The lowest BCUT2D eigenvalue weighted by Crippen LogP contribution is -2.21. The van der Waals surface area contributed by atoms with Crippen LogP contribution in [0.2, 0.25) is 0 Å². The Kier molecular flexibility index (Phi) is 24.0. The van der Waals surface area contributed by atoms with Crippen molar-refractivity contribution in [2.45, 2.75) is 90.8 Å². The summed E-state index contributed by atoms with van der Waals surface area (Å²) in [7, 11) is 0. The maximum atomic E-state index is 11.7. The Balaban J connectivity index is 0.000000160. The number of hydrogen-bond donors (Lipinski definition) is 5. The molecule has 5 atom stereocenters. The first-order chi connectivity index (χ1) is 37.6. The molecule has 2 aliphatic carbocycles. The molecule has 10 rings (SSSR count). The average Bonchev–Trinajstić information content (AvgIpc) is 3.95. The van der Waals surface area contributed by atoms with E-state index in [1.54, 1.807) is 19.1 Å². The van der Waals surface area contributed by atoms with Gasteiger partial charge in [0.05, 0.1) is 35.7 Å². The van der Waals surface area contributed by atoms with Gasteiger partial charge in [-0.15, -0.1) is 0 Å². The number of aliphatic hydroxyl groups excluding tert-OH is 3. The van der Waals surface area contributed by atoms with E-state index in [0.717, 1.165) is 67.3 Å². The van der Waals surface area contributed by atoms with Crippen molar-refractivity contribution in [3.8, 4) is 17.2 Å². The van der Waals surface area contributed by atoms with Gasteiger partial charge in [-0.1, -0.05) is 177 Å². The van der Waals surface area contributed by atoms with Gasteiger partial charge in [0.15, 0.2) is 11.6 Å². The number of rotatable bonds is 14. The summed E-state index contributed by atoms with van der Waals surface area (Å²) in [5, 5.41) is 29.5. The first-order valence-electron chi connectivity index (χ1n) is 25.8. The lowest BCUT2D eigenvalue weighted by atomic mass is 10.1. The normalized spacial score (nSPS) is 15.8. The quantitative estimate of drug-likeness (QED) is 0.0521. The molecule has 0 spiro atoms. The fraction of sp³-hybridized carbons (Fsp3) is 0.242. The summed E-state index contributed by atoms with van der Waals surface area (Å²) in [5.74, 6) is 2.38. The summed E-state index contributed by atoms with van der Waals surface area (Å²) >= 11 is 6.47. The molecule has 8 aromatic carbocycles. The van der Waals surface area contributed by atoms with E-state index in [1.807, 2.05) is 203 Å². The predicted molar refractivity (Wildman–Crippen MR) is 319 cm³/mol. The molecule has 7 N–H and O–H groups in total. The van der Waals surface area contributed by atoms with Crippen LogP contribution >= 0.6 is 31.9 Å². The topological polar surface area (TPSA) is 175 Å². The van der Waals surface area contributed by atoms with Crippen LogP contribution in [0.4, 0.5) is 0 Å². The minimum atomic E-state index is -0.501. The van der Waals surface area contributed by atoms with Gasteiger partial charge in [0, 0.05) is 29.3 Å². The lowest BCUT2D eigenvalue weighted by Gasteiger charge is -2.12. The number of ether oxygens (including phenoxy) is 3. The molecule has 406 valence electrons. The number of alkyl halides is 2. The van der Waals surface area contributed by atoms with Gasteiger partial charge in [-0.2, -0.15) is 0 Å². The summed E-state index contributed by atoms with van der Waals surface area (Å²) in [6.07, 6.45) is 0.146. The van der Waals surface area contributed by atoms with Gasteiger partial charge >= 0.3 is 0 Å². The number of ketones is 2. The Morgan fingerprint density at radius 1 is 0.513 bits per heavy atom. The summed E-state index contributed by atoms with van der Waals surface area (Å²) < 4.78 is 17.2. The van der Waals surface area contributed by atoms with E-state index in [2.05, 4.69) is 31.9 Å². The van der Waals surface area contributed by atoms with Crippen LogP contribution in [0.15, 0.2) is 194 Å². The van der Waals surface area contributed by atoms with Crippen molar-refractivity contribution in [3.63, 3.8) is 0 Å². The third kappa shape index (κ3) is 19.0. The molecule has 78 heavy (non-hydrogen) atoms. The first-order valence-corrected chi connectivity index (χ1v) is 28.1. The highest BCUT2D eigenvalue weighted by Gasteiger charge is 2.28. The number of carbonyl (C=O) groups excluding carboxylic acids is 2. The second kappa shape index (κ2) is 31.0. The van der Waals surface area contributed by atoms with Gasteiger partial charge < -0.3 is 41.0 Å². The minimum Gasteiger partial charge on any atom is -0.489 e. The summed E-state index contributed by atoms with van der Waals surface area (Å²) in [4.78, 5) is 23.1. The molecule has 2 aliphatic rings. The zero-order valence-electron chi connectivity index (χ0n) is 44.6. The standard InChI is InChI=1S/C16H17BrO2.C16H15BrO2.C16H16O2.2C9H11NO/c2*1-12-7-14(16(18)10-17)9-15(8-12)19-11-13-5-3-2-4-6-13;1-12-8-15(13(2)17)10-16(9-12)18-11-14-6-4-3-5-7-14;2*10-9-7-4-2-1-3-6(7)5-8(9)11/h2-9,16,18H,10-11H2,1H3;2-9H,10-11H2,1H3;3-10H,11H2,1-2H3;2*1-4,8-9,11H,5,10H2/t;;;2*8-,9+/m...10/s1. The third-order valence-electron chi connectivity index (χ3n) is 12.8. The lowest BCUT2D eigenvalue weighted by molar-refractivity contribution is 0.101. The van der Waals surface area contributed by atoms with Crippen LogP contribution in [0.5, 0.6) is 17.2 Å². The molecule has 0 amide bonds. The molecule has 0 fully saturated rings. The highest BCUT2D eigenvalue weighted by molar-refractivity contribution is 9.09.